The highest BCUT2D eigenvalue weighted by Gasteiger charge is 2.31. The average molecular weight is 509 g/mol. The van der Waals surface area contributed by atoms with Gasteiger partial charge in [-0.1, -0.05) is 107 Å². The van der Waals surface area contributed by atoms with E-state index in [1.165, 1.54) is 38.5 Å². The molecular formula is C32H60O4. The largest absolute Gasteiger partial charge is 0.465 e. The fourth-order valence-corrected chi connectivity index (χ4v) is 4.82. The van der Waals surface area contributed by atoms with Crippen molar-refractivity contribution in [1.29, 1.82) is 0 Å². The summed E-state index contributed by atoms with van der Waals surface area (Å²) in [4.78, 5) is 24.8. The van der Waals surface area contributed by atoms with Crippen molar-refractivity contribution in [2.24, 2.45) is 34.5 Å². The summed E-state index contributed by atoms with van der Waals surface area (Å²) in [6.07, 6.45) is 14.6. The third-order valence-electron chi connectivity index (χ3n) is 8.90. The molecule has 36 heavy (non-hydrogen) atoms. The van der Waals surface area contributed by atoms with Crippen LogP contribution in [0.2, 0.25) is 0 Å². The number of hydrogen-bond donors (Lipinski definition) is 0. The maximum atomic E-state index is 12.4. The van der Waals surface area contributed by atoms with Crippen molar-refractivity contribution in [2.75, 3.05) is 13.2 Å². The van der Waals surface area contributed by atoms with Crippen LogP contribution in [0.5, 0.6) is 0 Å². The van der Waals surface area contributed by atoms with Crippen molar-refractivity contribution < 1.29 is 19.1 Å². The minimum atomic E-state index is -0.0658. The van der Waals surface area contributed by atoms with E-state index in [0.29, 0.717) is 24.0 Å². The summed E-state index contributed by atoms with van der Waals surface area (Å²) < 4.78 is 11.1. The SMILES string of the molecule is CC(CCCCCCOC(=O)C1CCC(C(=O)OCCCCCCC(C)C(C)(C)C)CC1)C(C)(C)C. The molecule has 4 heteroatoms. The first kappa shape index (κ1) is 33.0. The maximum absolute atomic E-state index is 12.4. The molecule has 0 radical (unpaired) electrons. The molecule has 1 aliphatic rings. The molecule has 1 aliphatic carbocycles. The lowest BCUT2D eigenvalue weighted by Gasteiger charge is -2.27. The smallest absolute Gasteiger partial charge is 0.308 e. The van der Waals surface area contributed by atoms with E-state index in [0.717, 1.165) is 63.2 Å². The van der Waals surface area contributed by atoms with Gasteiger partial charge in [-0.25, -0.2) is 0 Å². The van der Waals surface area contributed by atoms with Crippen molar-refractivity contribution in [3.63, 3.8) is 0 Å². The molecule has 0 aromatic carbocycles. The quantitative estimate of drug-likeness (QED) is 0.154. The molecule has 0 heterocycles. The molecular weight excluding hydrogens is 448 g/mol. The van der Waals surface area contributed by atoms with Crippen LogP contribution in [0.15, 0.2) is 0 Å². The van der Waals surface area contributed by atoms with Gasteiger partial charge in [0.25, 0.3) is 0 Å². The molecule has 212 valence electrons. The Hall–Kier alpha value is -1.06. The number of rotatable bonds is 16. The summed E-state index contributed by atoms with van der Waals surface area (Å²) in [6.45, 7) is 19.6. The molecule has 4 nitrogen and oxygen atoms in total. The minimum absolute atomic E-state index is 0.0443. The molecule has 1 saturated carbocycles. The lowest BCUT2D eigenvalue weighted by atomic mass is 9.79. The number of unbranched alkanes of at least 4 members (excludes halogenated alkanes) is 6. The normalized spacial score (nSPS) is 20.6. The van der Waals surface area contributed by atoms with Crippen LogP contribution >= 0.6 is 0 Å². The van der Waals surface area contributed by atoms with Crippen LogP contribution in [0.3, 0.4) is 0 Å². The molecule has 0 saturated heterocycles. The predicted octanol–water partition coefficient (Wildman–Crippen LogP) is 9.14. The summed E-state index contributed by atoms with van der Waals surface area (Å²) >= 11 is 0. The van der Waals surface area contributed by atoms with E-state index in [-0.39, 0.29) is 23.8 Å². The van der Waals surface area contributed by atoms with E-state index in [4.69, 9.17) is 9.47 Å². The second-order valence-electron chi connectivity index (χ2n) is 13.8. The number of carbonyl (C=O) groups excluding carboxylic acids is 2. The molecule has 0 N–H and O–H groups in total. The van der Waals surface area contributed by atoms with E-state index >= 15 is 0 Å². The zero-order valence-corrected chi connectivity index (χ0v) is 25.3. The van der Waals surface area contributed by atoms with Crippen molar-refractivity contribution in [2.45, 2.75) is 145 Å². The molecule has 0 bridgehead atoms. The fourth-order valence-electron chi connectivity index (χ4n) is 4.82. The van der Waals surface area contributed by atoms with Crippen molar-refractivity contribution in [3.05, 3.63) is 0 Å². The lowest BCUT2D eigenvalue weighted by Crippen LogP contribution is -2.28. The van der Waals surface area contributed by atoms with Gasteiger partial charge in [0, 0.05) is 0 Å². The molecule has 0 aromatic heterocycles. The third-order valence-corrected chi connectivity index (χ3v) is 8.90. The summed E-state index contributed by atoms with van der Waals surface area (Å²) in [7, 11) is 0. The highest BCUT2D eigenvalue weighted by Crippen LogP contribution is 2.32. The van der Waals surface area contributed by atoms with E-state index < -0.39 is 0 Å². The summed E-state index contributed by atoms with van der Waals surface area (Å²) in [6, 6.07) is 0. The van der Waals surface area contributed by atoms with Gasteiger partial charge < -0.3 is 9.47 Å². The maximum Gasteiger partial charge on any atom is 0.308 e. The van der Waals surface area contributed by atoms with Crippen molar-refractivity contribution in [1.82, 2.24) is 0 Å². The molecule has 0 amide bonds. The van der Waals surface area contributed by atoms with Gasteiger partial charge in [-0.2, -0.15) is 0 Å². The van der Waals surface area contributed by atoms with Gasteiger partial charge in [-0.05, 0) is 61.2 Å². The summed E-state index contributed by atoms with van der Waals surface area (Å²) in [5.74, 6) is 1.25. The van der Waals surface area contributed by atoms with Gasteiger partial charge in [0.2, 0.25) is 0 Å². The van der Waals surface area contributed by atoms with Crippen molar-refractivity contribution >= 4 is 11.9 Å². The molecule has 0 aliphatic heterocycles. The van der Waals surface area contributed by atoms with Gasteiger partial charge in [0.15, 0.2) is 0 Å². The molecule has 0 aromatic rings. The number of esters is 2. The van der Waals surface area contributed by atoms with Gasteiger partial charge in [-0.15, -0.1) is 0 Å². The molecule has 2 unspecified atom stereocenters. The van der Waals surface area contributed by atoms with Crippen LogP contribution in [-0.2, 0) is 19.1 Å². The zero-order chi connectivity index (χ0) is 27.2. The second kappa shape index (κ2) is 16.7. The highest BCUT2D eigenvalue weighted by atomic mass is 16.5. The Bertz CT molecular complexity index is 551. The second-order valence-corrected chi connectivity index (χ2v) is 13.8. The van der Waals surface area contributed by atoms with E-state index in [1.54, 1.807) is 0 Å². The van der Waals surface area contributed by atoms with Gasteiger partial charge in [0.05, 0.1) is 25.0 Å². The van der Waals surface area contributed by atoms with Gasteiger partial charge >= 0.3 is 11.9 Å². The number of carbonyl (C=O) groups is 2. The van der Waals surface area contributed by atoms with Crippen LogP contribution in [0.4, 0.5) is 0 Å². The van der Waals surface area contributed by atoms with Crippen LogP contribution in [-0.4, -0.2) is 25.2 Å². The van der Waals surface area contributed by atoms with E-state index in [1.807, 2.05) is 0 Å². The monoisotopic (exact) mass is 508 g/mol. The Labute approximate surface area is 224 Å². The number of hydrogen-bond acceptors (Lipinski definition) is 4. The Morgan fingerprint density at radius 1 is 0.583 bits per heavy atom. The lowest BCUT2D eigenvalue weighted by molar-refractivity contribution is -0.155. The standard InChI is InChI=1S/C32H60O4/c1-25(31(3,4)5)17-13-9-11-15-23-35-29(33)27-19-21-28(22-20-27)30(34)36-24-16-12-10-14-18-26(2)32(6,7)8/h25-28H,9-24H2,1-8H3. The minimum Gasteiger partial charge on any atom is -0.465 e. The van der Waals surface area contributed by atoms with Gasteiger partial charge in [-0.3, -0.25) is 9.59 Å². The molecule has 1 fully saturated rings. The zero-order valence-electron chi connectivity index (χ0n) is 25.3. The molecule has 2 atom stereocenters. The Balaban J connectivity index is 2.05. The van der Waals surface area contributed by atoms with E-state index in [9.17, 15) is 9.59 Å². The van der Waals surface area contributed by atoms with Crippen molar-refractivity contribution in [3.8, 4) is 0 Å². The highest BCUT2D eigenvalue weighted by molar-refractivity contribution is 5.75. The first-order valence-electron chi connectivity index (χ1n) is 15.2. The Morgan fingerprint density at radius 2 is 0.889 bits per heavy atom. The van der Waals surface area contributed by atoms with Crippen LogP contribution in [0.1, 0.15) is 145 Å². The molecule has 0 spiro atoms. The predicted molar refractivity (Wildman–Crippen MR) is 151 cm³/mol. The first-order chi connectivity index (χ1) is 16.8. The summed E-state index contributed by atoms with van der Waals surface area (Å²) in [5, 5.41) is 0. The van der Waals surface area contributed by atoms with Crippen LogP contribution < -0.4 is 0 Å². The van der Waals surface area contributed by atoms with Crippen LogP contribution in [0.25, 0.3) is 0 Å². The van der Waals surface area contributed by atoms with Gasteiger partial charge in [0.1, 0.15) is 0 Å². The Kier molecular flexibility index (Phi) is 15.3. The average Bonchev–Trinajstić information content (AvgIpc) is 2.81. The molecule has 1 rings (SSSR count). The third kappa shape index (κ3) is 14.0. The first-order valence-corrected chi connectivity index (χ1v) is 15.2. The summed E-state index contributed by atoms with van der Waals surface area (Å²) in [5.41, 5.74) is 0.770. The fraction of sp³-hybridized carbons (Fsp3) is 0.938. The topological polar surface area (TPSA) is 52.6 Å². The van der Waals surface area contributed by atoms with E-state index in [2.05, 4.69) is 55.4 Å². The Morgan fingerprint density at radius 3 is 1.19 bits per heavy atom. The van der Waals surface area contributed by atoms with Crippen LogP contribution in [0, 0.1) is 34.5 Å². The number of ether oxygens (including phenoxy) is 2.